The van der Waals surface area contributed by atoms with Crippen molar-refractivity contribution in [3.63, 3.8) is 0 Å². The van der Waals surface area contributed by atoms with E-state index in [1.165, 1.54) is 5.56 Å². The van der Waals surface area contributed by atoms with Gasteiger partial charge in [-0.2, -0.15) is 0 Å². The number of hydrogen-bond donors (Lipinski definition) is 0. The lowest BCUT2D eigenvalue weighted by Gasteiger charge is -2.20. The number of likely N-dealkylation sites (tertiary alicyclic amines) is 1. The molecule has 2 atom stereocenters. The summed E-state index contributed by atoms with van der Waals surface area (Å²) in [5, 5.41) is 0. The molecule has 0 aromatic carbocycles. The Morgan fingerprint density at radius 1 is 1.33 bits per heavy atom. The Hall–Kier alpha value is -2.14. The molecule has 0 spiro atoms. The fourth-order valence-electron chi connectivity index (χ4n) is 3.51. The van der Waals surface area contributed by atoms with Crippen molar-refractivity contribution in [2.24, 2.45) is 0 Å². The van der Waals surface area contributed by atoms with Crippen molar-refractivity contribution < 1.29 is 9.47 Å². The van der Waals surface area contributed by atoms with Gasteiger partial charge in [0.15, 0.2) is 0 Å². The molecule has 2 aromatic rings. The van der Waals surface area contributed by atoms with Gasteiger partial charge in [-0.3, -0.25) is 9.88 Å². The molecule has 1 saturated heterocycles. The van der Waals surface area contributed by atoms with Crippen molar-refractivity contribution in [2.45, 2.75) is 45.4 Å². The highest BCUT2D eigenvalue weighted by atomic mass is 16.5. The third-order valence-electron chi connectivity index (χ3n) is 4.81. The second-order valence-corrected chi connectivity index (χ2v) is 6.75. The third kappa shape index (κ3) is 3.22. The van der Waals surface area contributed by atoms with Gasteiger partial charge in [0.1, 0.15) is 11.9 Å². The normalized spacial score (nSPS) is 23.1. The van der Waals surface area contributed by atoms with Crippen molar-refractivity contribution in [3.05, 3.63) is 47.4 Å². The van der Waals surface area contributed by atoms with Crippen molar-refractivity contribution in [1.82, 2.24) is 14.9 Å². The zero-order valence-electron chi connectivity index (χ0n) is 14.2. The molecular weight excluding hydrogens is 302 g/mol. The predicted octanol–water partition coefficient (Wildman–Crippen LogP) is 2.76. The van der Waals surface area contributed by atoms with Gasteiger partial charge >= 0.3 is 0 Å². The number of fused-ring (bicyclic) bond motifs is 1. The minimum Gasteiger partial charge on any atom is -0.489 e. The maximum absolute atomic E-state index is 6.14. The zero-order chi connectivity index (χ0) is 16.5. The molecule has 24 heavy (non-hydrogen) atoms. The van der Waals surface area contributed by atoms with Gasteiger partial charge in [-0.1, -0.05) is 6.07 Å². The Kier molecular flexibility index (Phi) is 4.10. The number of rotatable bonds is 4. The molecule has 4 rings (SSSR count). The van der Waals surface area contributed by atoms with Gasteiger partial charge in [-0.25, -0.2) is 4.98 Å². The molecule has 5 nitrogen and oxygen atoms in total. The summed E-state index contributed by atoms with van der Waals surface area (Å²) in [5.41, 5.74) is 3.28. The van der Waals surface area contributed by atoms with Crippen molar-refractivity contribution in [2.75, 3.05) is 13.2 Å². The summed E-state index contributed by atoms with van der Waals surface area (Å²) in [4.78, 5) is 11.3. The van der Waals surface area contributed by atoms with Gasteiger partial charge in [0.25, 0.3) is 0 Å². The van der Waals surface area contributed by atoms with Crippen LogP contribution in [0, 0.1) is 6.92 Å². The largest absolute Gasteiger partial charge is 0.489 e. The van der Waals surface area contributed by atoms with Crippen LogP contribution in [0.1, 0.15) is 30.3 Å². The van der Waals surface area contributed by atoms with Crippen LogP contribution >= 0.6 is 0 Å². The first-order valence-corrected chi connectivity index (χ1v) is 8.62. The number of hydrogen-bond acceptors (Lipinski definition) is 5. The van der Waals surface area contributed by atoms with Crippen LogP contribution in [-0.2, 0) is 13.0 Å². The summed E-state index contributed by atoms with van der Waals surface area (Å²) in [6.45, 7) is 6.76. The highest BCUT2D eigenvalue weighted by Gasteiger charge is 2.31. The molecule has 0 radical (unpaired) electrons. The van der Waals surface area contributed by atoms with Crippen LogP contribution < -0.4 is 9.47 Å². The zero-order valence-corrected chi connectivity index (χ0v) is 14.2. The smallest absolute Gasteiger partial charge is 0.216 e. The fraction of sp³-hybridized carbons (Fsp3) is 0.474. The lowest BCUT2D eigenvalue weighted by atomic mass is 10.2. The Balaban J connectivity index is 1.40. The van der Waals surface area contributed by atoms with E-state index in [4.69, 9.17) is 9.47 Å². The highest BCUT2D eigenvalue weighted by molar-refractivity contribution is 5.31. The lowest BCUT2D eigenvalue weighted by molar-refractivity contribution is 0.193. The first-order chi connectivity index (χ1) is 11.7. The molecule has 0 saturated carbocycles. The molecule has 0 bridgehead atoms. The third-order valence-corrected chi connectivity index (χ3v) is 4.81. The van der Waals surface area contributed by atoms with Gasteiger partial charge in [0.05, 0.1) is 12.3 Å². The van der Waals surface area contributed by atoms with E-state index >= 15 is 0 Å². The van der Waals surface area contributed by atoms with E-state index in [0.717, 1.165) is 55.6 Å². The molecule has 4 heterocycles. The average Bonchev–Trinajstić information content (AvgIpc) is 3.14. The van der Waals surface area contributed by atoms with Gasteiger partial charge in [-0.15, -0.1) is 0 Å². The van der Waals surface area contributed by atoms with Crippen molar-refractivity contribution in [3.8, 4) is 11.6 Å². The van der Waals surface area contributed by atoms with E-state index < -0.39 is 0 Å². The van der Waals surface area contributed by atoms with E-state index in [1.54, 1.807) is 6.20 Å². The van der Waals surface area contributed by atoms with Crippen LogP contribution in [0.15, 0.2) is 30.5 Å². The van der Waals surface area contributed by atoms with Crippen LogP contribution in [0.5, 0.6) is 11.6 Å². The summed E-state index contributed by atoms with van der Waals surface area (Å²) < 4.78 is 11.7. The summed E-state index contributed by atoms with van der Waals surface area (Å²) in [5.74, 6) is 1.73. The second-order valence-electron chi connectivity index (χ2n) is 6.75. The minimum absolute atomic E-state index is 0.215. The quantitative estimate of drug-likeness (QED) is 0.865. The van der Waals surface area contributed by atoms with Gasteiger partial charge in [0, 0.05) is 55.5 Å². The van der Waals surface area contributed by atoms with E-state index in [0.29, 0.717) is 6.04 Å². The number of aryl methyl sites for hydroxylation is 1. The van der Waals surface area contributed by atoms with Crippen LogP contribution in [0.2, 0.25) is 0 Å². The van der Waals surface area contributed by atoms with Gasteiger partial charge in [-0.05, 0) is 26.0 Å². The van der Waals surface area contributed by atoms with Gasteiger partial charge in [0.2, 0.25) is 5.88 Å². The molecule has 5 heteroatoms. The standard InChI is InChI=1S/C19H23N3O2/c1-13-9-17(5-7-20-13)24-18-10-14(2)22(12-18)11-16-4-3-15-6-8-23-19(15)21-16/h3-5,7,9,14,18H,6,8,10-12H2,1-2H3/t14-,18+/m0/s1. The first-order valence-electron chi connectivity index (χ1n) is 8.62. The average molecular weight is 325 g/mol. The Morgan fingerprint density at radius 3 is 3.12 bits per heavy atom. The minimum atomic E-state index is 0.215. The second kappa shape index (κ2) is 6.40. The predicted molar refractivity (Wildman–Crippen MR) is 91.3 cm³/mol. The Labute approximate surface area is 142 Å². The number of pyridine rings is 2. The number of ether oxygens (including phenoxy) is 2. The number of aromatic nitrogens is 2. The van der Waals surface area contributed by atoms with Crippen LogP contribution in [0.4, 0.5) is 0 Å². The molecule has 0 N–H and O–H groups in total. The van der Waals surface area contributed by atoms with Crippen LogP contribution in [-0.4, -0.2) is 40.2 Å². The molecule has 0 amide bonds. The monoisotopic (exact) mass is 325 g/mol. The molecule has 0 aliphatic carbocycles. The van der Waals surface area contributed by atoms with E-state index in [2.05, 4.69) is 33.9 Å². The first kappa shape index (κ1) is 15.4. The summed E-state index contributed by atoms with van der Waals surface area (Å²) >= 11 is 0. The molecule has 126 valence electrons. The van der Waals surface area contributed by atoms with Crippen molar-refractivity contribution >= 4 is 0 Å². The molecule has 1 fully saturated rings. The maximum Gasteiger partial charge on any atom is 0.216 e. The molecular formula is C19H23N3O2. The van der Waals surface area contributed by atoms with Gasteiger partial charge < -0.3 is 9.47 Å². The SMILES string of the molecule is Cc1cc(O[C@@H]2C[C@H](C)N(Cc3ccc4c(n3)OCC4)C2)ccn1. The maximum atomic E-state index is 6.14. The topological polar surface area (TPSA) is 47.5 Å². The molecule has 2 aliphatic heterocycles. The molecule has 0 unspecified atom stereocenters. The Morgan fingerprint density at radius 2 is 2.25 bits per heavy atom. The van der Waals surface area contributed by atoms with E-state index in [9.17, 15) is 0 Å². The number of nitrogens with zero attached hydrogens (tertiary/aromatic N) is 3. The summed E-state index contributed by atoms with van der Waals surface area (Å²) in [6, 6.07) is 8.68. The van der Waals surface area contributed by atoms with E-state index in [-0.39, 0.29) is 6.10 Å². The van der Waals surface area contributed by atoms with Crippen LogP contribution in [0.25, 0.3) is 0 Å². The lowest BCUT2D eigenvalue weighted by Crippen LogP contribution is -2.28. The van der Waals surface area contributed by atoms with Crippen LogP contribution in [0.3, 0.4) is 0 Å². The Bertz CT molecular complexity index is 734. The highest BCUT2D eigenvalue weighted by Crippen LogP contribution is 2.26. The molecule has 2 aliphatic rings. The summed E-state index contributed by atoms with van der Waals surface area (Å²) in [7, 11) is 0. The summed E-state index contributed by atoms with van der Waals surface area (Å²) in [6.07, 6.45) is 4.02. The molecule has 2 aromatic heterocycles. The van der Waals surface area contributed by atoms with Crippen molar-refractivity contribution in [1.29, 1.82) is 0 Å². The van der Waals surface area contributed by atoms with E-state index in [1.807, 2.05) is 19.1 Å². The fourth-order valence-corrected chi connectivity index (χ4v) is 3.51.